The highest BCUT2D eigenvalue weighted by molar-refractivity contribution is 5.89. The fourth-order valence-electron chi connectivity index (χ4n) is 3.05. The molecule has 3 rings (SSSR count). The number of carbonyl (C=O) groups excluding carboxylic acids is 2. The van der Waals surface area contributed by atoms with Crippen molar-refractivity contribution in [2.75, 3.05) is 25.0 Å². The van der Waals surface area contributed by atoms with E-state index in [1.165, 1.54) is 0 Å². The van der Waals surface area contributed by atoms with Crippen molar-refractivity contribution in [3.63, 3.8) is 0 Å². The minimum absolute atomic E-state index is 0.208. The zero-order valence-corrected chi connectivity index (χ0v) is 15.4. The topological polar surface area (TPSA) is 67.9 Å². The first-order valence-corrected chi connectivity index (χ1v) is 9.21. The van der Waals surface area contributed by atoms with Crippen LogP contribution in [0, 0.1) is 5.92 Å². The Hall–Kier alpha value is -3.02. The van der Waals surface area contributed by atoms with Crippen molar-refractivity contribution in [2.45, 2.75) is 19.8 Å². The molecule has 1 unspecified atom stereocenters. The number of nitrogens with one attached hydrogen (secondary N) is 1. The standard InChI is InChI=1S/C21H24N2O4/c1-2-26-20(24)16-7-6-14-23(15-16)21(25)22-17-10-12-19(13-11-17)27-18-8-4-3-5-9-18/h3-5,8-13,16H,2,6-7,14-15H2,1H3,(H,22,25). The Morgan fingerprint density at radius 2 is 1.78 bits per heavy atom. The normalized spacial score (nSPS) is 16.5. The monoisotopic (exact) mass is 368 g/mol. The molecule has 1 fully saturated rings. The number of nitrogens with zero attached hydrogens (tertiary/aromatic N) is 1. The van der Waals surface area contributed by atoms with Gasteiger partial charge in [0, 0.05) is 18.8 Å². The van der Waals surface area contributed by atoms with Crippen LogP contribution in [0.3, 0.4) is 0 Å². The fourth-order valence-corrected chi connectivity index (χ4v) is 3.05. The van der Waals surface area contributed by atoms with Crippen LogP contribution in [-0.4, -0.2) is 36.6 Å². The summed E-state index contributed by atoms with van der Waals surface area (Å²) in [5.41, 5.74) is 0.679. The van der Waals surface area contributed by atoms with Crippen molar-refractivity contribution in [3.8, 4) is 11.5 Å². The molecule has 2 aromatic carbocycles. The summed E-state index contributed by atoms with van der Waals surface area (Å²) in [5, 5.41) is 2.87. The van der Waals surface area contributed by atoms with Gasteiger partial charge in [-0.05, 0) is 56.2 Å². The van der Waals surface area contributed by atoms with Crippen LogP contribution in [0.5, 0.6) is 11.5 Å². The summed E-state index contributed by atoms with van der Waals surface area (Å²) in [6, 6.07) is 16.5. The summed E-state index contributed by atoms with van der Waals surface area (Å²) >= 11 is 0. The van der Waals surface area contributed by atoms with E-state index in [9.17, 15) is 9.59 Å². The number of rotatable bonds is 5. The minimum Gasteiger partial charge on any atom is -0.466 e. The number of likely N-dealkylation sites (tertiary alicyclic amines) is 1. The second kappa shape index (κ2) is 9.07. The second-order valence-electron chi connectivity index (χ2n) is 6.41. The number of urea groups is 1. The van der Waals surface area contributed by atoms with E-state index in [1.54, 1.807) is 36.1 Å². The number of amides is 2. The summed E-state index contributed by atoms with van der Waals surface area (Å²) in [6.45, 7) is 3.17. The molecule has 27 heavy (non-hydrogen) atoms. The summed E-state index contributed by atoms with van der Waals surface area (Å²) in [7, 11) is 0. The molecule has 2 amide bonds. The van der Waals surface area contributed by atoms with Gasteiger partial charge in [-0.1, -0.05) is 18.2 Å². The zero-order valence-electron chi connectivity index (χ0n) is 15.4. The van der Waals surface area contributed by atoms with Gasteiger partial charge in [-0.3, -0.25) is 4.79 Å². The van der Waals surface area contributed by atoms with Gasteiger partial charge < -0.3 is 19.7 Å². The Labute approximate surface area is 159 Å². The third kappa shape index (κ3) is 5.23. The Kier molecular flexibility index (Phi) is 6.30. The summed E-state index contributed by atoms with van der Waals surface area (Å²) in [4.78, 5) is 26.1. The molecule has 1 aliphatic rings. The molecule has 0 bridgehead atoms. The number of anilines is 1. The molecular weight excluding hydrogens is 344 g/mol. The van der Waals surface area contributed by atoms with E-state index in [0.29, 0.717) is 31.1 Å². The van der Waals surface area contributed by atoms with Gasteiger partial charge in [0.2, 0.25) is 0 Å². The van der Waals surface area contributed by atoms with Crippen LogP contribution in [0.4, 0.5) is 10.5 Å². The fraction of sp³-hybridized carbons (Fsp3) is 0.333. The Morgan fingerprint density at radius 3 is 2.48 bits per heavy atom. The van der Waals surface area contributed by atoms with Crippen molar-refractivity contribution in [1.82, 2.24) is 4.90 Å². The van der Waals surface area contributed by atoms with E-state index >= 15 is 0 Å². The molecule has 0 saturated carbocycles. The molecule has 1 saturated heterocycles. The van der Waals surface area contributed by atoms with Crippen molar-refractivity contribution < 1.29 is 19.1 Å². The number of piperidine rings is 1. The lowest BCUT2D eigenvalue weighted by atomic mass is 9.98. The first kappa shape index (κ1) is 18.8. The Balaban J connectivity index is 1.55. The second-order valence-corrected chi connectivity index (χ2v) is 6.41. The quantitative estimate of drug-likeness (QED) is 0.800. The van der Waals surface area contributed by atoms with Gasteiger partial charge >= 0.3 is 12.0 Å². The molecule has 1 heterocycles. The highest BCUT2D eigenvalue weighted by Crippen LogP contribution is 2.23. The van der Waals surface area contributed by atoms with Crippen LogP contribution in [0.25, 0.3) is 0 Å². The molecule has 6 nitrogen and oxygen atoms in total. The molecule has 0 aromatic heterocycles. The molecule has 1 atom stereocenters. The molecule has 6 heteroatoms. The maximum absolute atomic E-state index is 12.5. The molecule has 2 aromatic rings. The van der Waals surface area contributed by atoms with Crippen LogP contribution in [-0.2, 0) is 9.53 Å². The number of hydrogen-bond donors (Lipinski definition) is 1. The Bertz CT molecular complexity index is 762. The first-order valence-electron chi connectivity index (χ1n) is 9.21. The number of benzene rings is 2. The van der Waals surface area contributed by atoms with Gasteiger partial charge in [-0.25, -0.2) is 4.79 Å². The Morgan fingerprint density at radius 1 is 1.07 bits per heavy atom. The van der Waals surface area contributed by atoms with Gasteiger partial charge in [-0.2, -0.15) is 0 Å². The van der Waals surface area contributed by atoms with Crippen LogP contribution in [0.15, 0.2) is 54.6 Å². The number of carbonyl (C=O) groups is 2. The lowest BCUT2D eigenvalue weighted by Crippen LogP contribution is -2.44. The van der Waals surface area contributed by atoms with Crippen molar-refractivity contribution in [1.29, 1.82) is 0 Å². The largest absolute Gasteiger partial charge is 0.466 e. The van der Waals surface area contributed by atoms with Crippen LogP contribution in [0.1, 0.15) is 19.8 Å². The van der Waals surface area contributed by atoms with Crippen LogP contribution in [0.2, 0.25) is 0 Å². The van der Waals surface area contributed by atoms with Crippen LogP contribution >= 0.6 is 0 Å². The molecule has 0 spiro atoms. The highest BCUT2D eigenvalue weighted by atomic mass is 16.5. The molecular formula is C21H24N2O4. The van der Waals surface area contributed by atoms with Crippen molar-refractivity contribution in [3.05, 3.63) is 54.6 Å². The number of para-hydroxylation sites is 1. The van der Waals surface area contributed by atoms with E-state index in [-0.39, 0.29) is 17.9 Å². The third-order valence-electron chi connectivity index (χ3n) is 4.41. The molecule has 0 radical (unpaired) electrons. The average Bonchev–Trinajstić information content (AvgIpc) is 2.70. The smallest absolute Gasteiger partial charge is 0.321 e. The molecule has 142 valence electrons. The van der Waals surface area contributed by atoms with E-state index in [0.717, 1.165) is 18.6 Å². The lowest BCUT2D eigenvalue weighted by Gasteiger charge is -2.31. The van der Waals surface area contributed by atoms with E-state index in [4.69, 9.17) is 9.47 Å². The van der Waals surface area contributed by atoms with Gasteiger partial charge in [-0.15, -0.1) is 0 Å². The molecule has 1 N–H and O–H groups in total. The predicted molar refractivity (Wildman–Crippen MR) is 103 cm³/mol. The average molecular weight is 368 g/mol. The molecule has 0 aliphatic carbocycles. The van der Waals surface area contributed by atoms with Crippen LogP contribution < -0.4 is 10.1 Å². The maximum Gasteiger partial charge on any atom is 0.321 e. The van der Waals surface area contributed by atoms with Crippen molar-refractivity contribution in [2.24, 2.45) is 5.92 Å². The molecule has 1 aliphatic heterocycles. The van der Waals surface area contributed by atoms with E-state index in [2.05, 4.69) is 5.32 Å². The number of esters is 1. The van der Waals surface area contributed by atoms with Gasteiger partial charge in [0.25, 0.3) is 0 Å². The van der Waals surface area contributed by atoms with Crippen molar-refractivity contribution >= 4 is 17.7 Å². The zero-order chi connectivity index (χ0) is 19.1. The third-order valence-corrected chi connectivity index (χ3v) is 4.41. The van der Waals surface area contributed by atoms with Gasteiger partial charge in [0.15, 0.2) is 0 Å². The number of hydrogen-bond acceptors (Lipinski definition) is 4. The van der Waals surface area contributed by atoms with E-state index in [1.807, 2.05) is 30.3 Å². The first-order chi connectivity index (χ1) is 13.2. The number of ether oxygens (including phenoxy) is 2. The predicted octanol–water partition coefficient (Wildman–Crippen LogP) is 4.29. The summed E-state index contributed by atoms with van der Waals surface area (Å²) in [5.74, 6) is 0.982. The van der Waals surface area contributed by atoms with E-state index < -0.39 is 0 Å². The minimum atomic E-state index is -0.244. The summed E-state index contributed by atoms with van der Waals surface area (Å²) in [6.07, 6.45) is 1.55. The lowest BCUT2D eigenvalue weighted by molar-refractivity contribution is -0.149. The highest BCUT2D eigenvalue weighted by Gasteiger charge is 2.29. The van der Waals surface area contributed by atoms with Gasteiger partial charge in [0.1, 0.15) is 11.5 Å². The summed E-state index contributed by atoms with van der Waals surface area (Å²) < 4.78 is 10.8. The maximum atomic E-state index is 12.5. The SMILES string of the molecule is CCOC(=O)C1CCCN(C(=O)Nc2ccc(Oc3ccccc3)cc2)C1. The van der Waals surface area contributed by atoms with Gasteiger partial charge in [0.05, 0.1) is 12.5 Å².